The number of aromatic amines is 1. The van der Waals surface area contributed by atoms with E-state index in [4.69, 9.17) is 0 Å². The fourth-order valence-corrected chi connectivity index (χ4v) is 2.98. The number of aliphatic hydroxyl groups is 1. The van der Waals surface area contributed by atoms with Crippen LogP contribution in [0.3, 0.4) is 0 Å². The molecule has 1 saturated heterocycles. The Morgan fingerprint density at radius 1 is 1.35 bits per heavy atom. The summed E-state index contributed by atoms with van der Waals surface area (Å²) in [4.78, 5) is 5.45. The van der Waals surface area contributed by atoms with Crippen LogP contribution in [0.15, 0.2) is 18.2 Å². The Labute approximate surface area is 117 Å². The van der Waals surface area contributed by atoms with Crippen LogP contribution in [0.2, 0.25) is 0 Å². The van der Waals surface area contributed by atoms with Crippen LogP contribution in [0.4, 0.5) is 4.39 Å². The van der Waals surface area contributed by atoms with Crippen molar-refractivity contribution in [3.63, 3.8) is 0 Å². The average molecular weight is 277 g/mol. The number of halogens is 1. The Balaban J connectivity index is 1.88. The van der Waals surface area contributed by atoms with Gasteiger partial charge in [-0.1, -0.05) is 0 Å². The second-order valence-corrected chi connectivity index (χ2v) is 5.42. The molecule has 20 heavy (non-hydrogen) atoms. The van der Waals surface area contributed by atoms with Gasteiger partial charge in [0.1, 0.15) is 5.82 Å². The number of fused-ring (bicyclic) bond motifs is 1. The van der Waals surface area contributed by atoms with E-state index in [-0.39, 0.29) is 5.82 Å². The van der Waals surface area contributed by atoms with Crippen LogP contribution in [0.5, 0.6) is 0 Å². The van der Waals surface area contributed by atoms with Crippen molar-refractivity contribution >= 4 is 10.9 Å². The van der Waals surface area contributed by atoms with E-state index in [9.17, 15) is 9.50 Å². The number of β-amino-alcohol motifs (C(OH)–C–C–N with tert-alkyl or cyclic N) is 1. The van der Waals surface area contributed by atoms with Crippen molar-refractivity contribution < 1.29 is 9.50 Å². The Bertz CT molecular complexity index is 604. The van der Waals surface area contributed by atoms with Crippen molar-refractivity contribution in [1.29, 1.82) is 0 Å². The third-order valence-electron chi connectivity index (χ3n) is 3.97. The molecule has 1 aliphatic heterocycles. The molecule has 108 valence electrons. The predicted molar refractivity (Wildman–Crippen MR) is 77.3 cm³/mol. The van der Waals surface area contributed by atoms with Gasteiger partial charge in [-0.2, -0.15) is 0 Å². The molecule has 1 fully saturated rings. The molecule has 0 aliphatic carbocycles. The number of aromatic nitrogens is 1. The van der Waals surface area contributed by atoms with Crippen LogP contribution in [-0.2, 0) is 0 Å². The summed E-state index contributed by atoms with van der Waals surface area (Å²) in [6, 6.07) is 4.65. The van der Waals surface area contributed by atoms with Gasteiger partial charge in [0.05, 0.1) is 6.10 Å². The highest BCUT2D eigenvalue weighted by Gasteiger charge is 2.20. The summed E-state index contributed by atoms with van der Waals surface area (Å²) in [6.45, 7) is 6.29. The average Bonchev–Trinajstić information content (AvgIpc) is 2.75. The molecule has 1 aliphatic rings. The first-order chi connectivity index (χ1) is 9.65. The van der Waals surface area contributed by atoms with E-state index in [2.05, 4.69) is 15.2 Å². The summed E-state index contributed by atoms with van der Waals surface area (Å²) in [6.07, 6.45) is -0.594. The van der Waals surface area contributed by atoms with E-state index < -0.39 is 6.10 Å². The first kappa shape index (κ1) is 13.5. The third-order valence-corrected chi connectivity index (χ3v) is 3.97. The van der Waals surface area contributed by atoms with Gasteiger partial charge in [-0.3, -0.25) is 4.90 Å². The molecule has 3 rings (SSSR count). The zero-order chi connectivity index (χ0) is 14.1. The highest BCUT2D eigenvalue weighted by atomic mass is 19.1. The van der Waals surface area contributed by atoms with E-state index in [0.29, 0.717) is 6.54 Å². The molecule has 1 atom stereocenters. The number of nitrogens with one attached hydrogen (secondary N) is 2. The molecule has 0 spiro atoms. The number of hydrogen-bond donors (Lipinski definition) is 3. The number of piperazine rings is 1. The molecule has 5 heteroatoms. The van der Waals surface area contributed by atoms with Crippen LogP contribution >= 0.6 is 0 Å². The van der Waals surface area contributed by atoms with Gasteiger partial charge >= 0.3 is 0 Å². The number of aliphatic hydroxyl groups excluding tert-OH is 1. The van der Waals surface area contributed by atoms with Crippen LogP contribution in [0, 0.1) is 12.7 Å². The second-order valence-electron chi connectivity index (χ2n) is 5.42. The normalized spacial score (nSPS) is 18.6. The zero-order valence-electron chi connectivity index (χ0n) is 11.6. The summed E-state index contributed by atoms with van der Waals surface area (Å²) in [7, 11) is 0. The van der Waals surface area contributed by atoms with E-state index in [1.807, 2.05) is 6.92 Å². The highest BCUT2D eigenvalue weighted by molar-refractivity contribution is 5.85. The summed E-state index contributed by atoms with van der Waals surface area (Å²) in [5.74, 6) is -0.271. The van der Waals surface area contributed by atoms with Crippen molar-refractivity contribution in [3.8, 4) is 0 Å². The maximum atomic E-state index is 13.4. The second kappa shape index (κ2) is 5.52. The molecule has 1 aromatic heterocycles. The first-order valence-corrected chi connectivity index (χ1v) is 7.04. The Morgan fingerprint density at radius 2 is 2.10 bits per heavy atom. The van der Waals surface area contributed by atoms with E-state index in [1.54, 1.807) is 6.07 Å². The number of H-pyrrole nitrogens is 1. The van der Waals surface area contributed by atoms with Crippen LogP contribution in [-0.4, -0.2) is 47.7 Å². The third kappa shape index (κ3) is 2.57. The molecule has 1 aromatic carbocycles. The van der Waals surface area contributed by atoms with Crippen molar-refractivity contribution in [2.45, 2.75) is 13.0 Å². The molecule has 0 bridgehead atoms. The molecule has 0 radical (unpaired) electrons. The standard InChI is InChI=1S/C15H20FN3O/c1-10-15(12-8-11(16)2-3-13(12)18-10)14(20)9-19-6-4-17-5-7-19/h2-3,8,14,17-18,20H,4-7,9H2,1H3. The number of rotatable bonds is 3. The van der Waals surface area contributed by atoms with E-state index >= 15 is 0 Å². The van der Waals surface area contributed by atoms with Crippen LogP contribution in [0.25, 0.3) is 10.9 Å². The zero-order valence-corrected chi connectivity index (χ0v) is 11.6. The lowest BCUT2D eigenvalue weighted by Gasteiger charge is -2.29. The molecule has 0 saturated carbocycles. The van der Waals surface area contributed by atoms with Crippen molar-refractivity contribution in [1.82, 2.24) is 15.2 Å². The highest BCUT2D eigenvalue weighted by Crippen LogP contribution is 2.29. The van der Waals surface area contributed by atoms with Crippen LogP contribution in [0.1, 0.15) is 17.4 Å². The van der Waals surface area contributed by atoms with Gasteiger partial charge in [-0.25, -0.2) is 4.39 Å². The maximum Gasteiger partial charge on any atom is 0.123 e. The minimum Gasteiger partial charge on any atom is -0.387 e. The lowest BCUT2D eigenvalue weighted by atomic mass is 10.0. The molecule has 0 amide bonds. The predicted octanol–water partition coefficient (Wildman–Crippen LogP) is 1.55. The van der Waals surface area contributed by atoms with Crippen LogP contribution < -0.4 is 5.32 Å². The molecule has 3 N–H and O–H groups in total. The maximum absolute atomic E-state index is 13.4. The molecular formula is C15H20FN3O. The molecule has 2 heterocycles. The fourth-order valence-electron chi connectivity index (χ4n) is 2.98. The van der Waals surface area contributed by atoms with Crippen molar-refractivity contribution in [2.24, 2.45) is 0 Å². The molecule has 2 aromatic rings. The quantitative estimate of drug-likeness (QED) is 0.798. The van der Waals surface area contributed by atoms with Gasteiger partial charge in [0.25, 0.3) is 0 Å². The van der Waals surface area contributed by atoms with Crippen molar-refractivity contribution in [2.75, 3.05) is 32.7 Å². The Kier molecular flexibility index (Phi) is 3.74. The summed E-state index contributed by atoms with van der Waals surface area (Å²) >= 11 is 0. The lowest BCUT2D eigenvalue weighted by Crippen LogP contribution is -2.45. The van der Waals surface area contributed by atoms with Gasteiger partial charge in [0, 0.05) is 54.9 Å². The molecular weight excluding hydrogens is 257 g/mol. The summed E-state index contributed by atoms with van der Waals surface area (Å²) in [5.41, 5.74) is 2.60. The Hall–Kier alpha value is -1.43. The van der Waals surface area contributed by atoms with Gasteiger partial charge in [-0.05, 0) is 25.1 Å². The van der Waals surface area contributed by atoms with Gasteiger partial charge < -0.3 is 15.4 Å². The minimum absolute atomic E-state index is 0.271. The smallest absolute Gasteiger partial charge is 0.123 e. The number of hydrogen-bond acceptors (Lipinski definition) is 3. The number of benzene rings is 1. The van der Waals surface area contributed by atoms with Crippen molar-refractivity contribution in [3.05, 3.63) is 35.3 Å². The molecule has 1 unspecified atom stereocenters. The Morgan fingerprint density at radius 3 is 2.85 bits per heavy atom. The summed E-state index contributed by atoms with van der Waals surface area (Å²) < 4.78 is 13.4. The topological polar surface area (TPSA) is 51.3 Å². The number of aryl methyl sites for hydroxylation is 1. The fraction of sp³-hybridized carbons (Fsp3) is 0.467. The summed E-state index contributed by atoms with van der Waals surface area (Å²) in [5, 5.41) is 14.6. The van der Waals surface area contributed by atoms with Gasteiger partial charge in [0.2, 0.25) is 0 Å². The number of nitrogens with zero attached hydrogens (tertiary/aromatic N) is 1. The van der Waals surface area contributed by atoms with Gasteiger partial charge in [-0.15, -0.1) is 0 Å². The van der Waals surface area contributed by atoms with Gasteiger partial charge in [0.15, 0.2) is 0 Å². The SMILES string of the molecule is Cc1[nH]c2ccc(F)cc2c1C(O)CN1CCNCC1. The first-order valence-electron chi connectivity index (χ1n) is 7.04. The van der Waals surface area contributed by atoms with E-state index in [1.165, 1.54) is 12.1 Å². The molecule has 4 nitrogen and oxygen atoms in total. The minimum atomic E-state index is -0.594. The monoisotopic (exact) mass is 277 g/mol. The largest absolute Gasteiger partial charge is 0.387 e. The van der Waals surface area contributed by atoms with E-state index in [0.717, 1.165) is 48.3 Å². The lowest BCUT2D eigenvalue weighted by molar-refractivity contribution is 0.106.